The first kappa shape index (κ1) is 27.4. The van der Waals surface area contributed by atoms with E-state index in [1.54, 1.807) is 29.2 Å². The van der Waals surface area contributed by atoms with Crippen LogP contribution in [0.3, 0.4) is 0 Å². The first-order chi connectivity index (χ1) is 16.3. The monoisotopic (exact) mass is 487 g/mol. The highest BCUT2D eigenvalue weighted by molar-refractivity contribution is 7.92. The Morgan fingerprint density at radius 3 is 2.12 bits per heavy atom. The van der Waals surface area contributed by atoms with Gasteiger partial charge in [0.1, 0.15) is 6.04 Å². The Balaban J connectivity index is 2.14. The van der Waals surface area contributed by atoms with Crippen molar-refractivity contribution in [1.29, 1.82) is 0 Å². The fraction of sp³-hybridized carbons (Fsp3) is 0.462. The van der Waals surface area contributed by atoms with Crippen LogP contribution >= 0.6 is 0 Å². The third kappa shape index (κ3) is 8.48. The molecule has 0 saturated carbocycles. The summed E-state index contributed by atoms with van der Waals surface area (Å²) in [5.41, 5.74) is 1.51. The summed E-state index contributed by atoms with van der Waals surface area (Å²) in [4.78, 5) is 27.8. The second kappa shape index (κ2) is 13.7. The van der Waals surface area contributed by atoms with Crippen LogP contribution in [0, 0.1) is 0 Å². The highest BCUT2D eigenvalue weighted by atomic mass is 32.2. The molecule has 0 aliphatic rings. The van der Waals surface area contributed by atoms with Crippen LogP contribution in [0.1, 0.15) is 51.5 Å². The number of benzene rings is 2. The van der Waals surface area contributed by atoms with E-state index in [0.717, 1.165) is 24.7 Å². The quantitative estimate of drug-likeness (QED) is 0.409. The van der Waals surface area contributed by atoms with Crippen LogP contribution in [0.15, 0.2) is 60.7 Å². The molecule has 1 atom stereocenters. The molecule has 0 aromatic heterocycles. The molecule has 7 nitrogen and oxygen atoms in total. The minimum atomic E-state index is -3.49. The number of carbonyl (C=O) groups excluding carboxylic acids is 2. The number of nitrogens with zero attached hydrogens (tertiary/aromatic N) is 2. The van der Waals surface area contributed by atoms with E-state index in [0.29, 0.717) is 31.6 Å². The topological polar surface area (TPSA) is 86.8 Å². The summed E-state index contributed by atoms with van der Waals surface area (Å²) in [5, 5.41) is 2.95. The highest BCUT2D eigenvalue weighted by Crippen LogP contribution is 2.19. The van der Waals surface area contributed by atoms with Gasteiger partial charge in [0.2, 0.25) is 21.8 Å². The maximum absolute atomic E-state index is 13.3. The molecule has 2 rings (SSSR count). The largest absolute Gasteiger partial charge is 0.354 e. The Morgan fingerprint density at radius 1 is 0.941 bits per heavy atom. The van der Waals surface area contributed by atoms with Crippen LogP contribution in [0.4, 0.5) is 5.69 Å². The molecular formula is C26H37N3O4S. The van der Waals surface area contributed by atoms with Crippen molar-refractivity contribution in [1.82, 2.24) is 10.2 Å². The first-order valence-electron chi connectivity index (χ1n) is 11.9. The fourth-order valence-corrected chi connectivity index (χ4v) is 4.77. The maximum atomic E-state index is 13.3. The van der Waals surface area contributed by atoms with Gasteiger partial charge in [0.05, 0.1) is 11.9 Å². The summed E-state index contributed by atoms with van der Waals surface area (Å²) >= 11 is 0. The second-order valence-corrected chi connectivity index (χ2v) is 10.3. The molecule has 0 saturated heterocycles. The van der Waals surface area contributed by atoms with Crippen LogP contribution < -0.4 is 9.62 Å². The molecule has 0 aliphatic heterocycles. The van der Waals surface area contributed by atoms with Crippen molar-refractivity contribution in [2.75, 3.05) is 23.7 Å². The third-order valence-electron chi connectivity index (χ3n) is 5.61. The summed E-state index contributed by atoms with van der Waals surface area (Å²) in [6.45, 7) is 5.06. The molecule has 34 heavy (non-hydrogen) atoms. The van der Waals surface area contributed by atoms with Gasteiger partial charge in [-0.2, -0.15) is 0 Å². The van der Waals surface area contributed by atoms with E-state index in [-0.39, 0.29) is 24.8 Å². The van der Waals surface area contributed by atoms with Crippen molar-refractivity contribution >= 4 is 27.5 Å². The average molecular weight is 488 g/mol. The van der Waals surface area contributed by atoms with Crippen molar-refractivity contribution in [3.05, 3.63) is 66.2 Å². The maximum Gasteiger partial charge on any atom is 0.242 e. The summed E-state index contributed by atoms with van der Waals surface area (Å²) in [6.07, 6.45) is 4.01. The van der Waals surface area contributed by atoms with Gasteiger partial charge < -0.3 is 10.2 Å². The Morgan fingerprint density at radius 2 is 1.56 bits per heavy atom. The molecule has 0 unspecified atom stereocenters. The summed E-state index contributed by atoms with van der Waals surface area (Å²) in [5.74, 6) is -0.315. The van der Waals surface area contributed by atoms with Gasteiger partial charge in [0.25, 0.3) is 0 Å². The Kier molecular flexibility index (Phi) is 11.1. The van der Waals surface area contributed by atoms with E-state index < -0.39 is 16.1 Å². The van der Waals surface area contributed by atoms with Gasteiger partial charge in [-0.15, -0.1) is 0 Å². The lowest BCUT2D eigenvalue weighted by atomic mass is 10.1. The van der Waals surface area contributed by atoms with E-state index in [4.69, 9.17) is 0 Å². The zero-order valence-corrected chi connectivity index (χ0v) is 21.3. The van der Waals surface area contributed by atoms with Crippen LogP contribution in [0.5, 0.6) is 0 Å². The molecular weight excluding hydrogens is 450 g/mol. The standard InChI is InChI=1S/C26H37N3O4S/c1-4-6-19-27-26(31)24(5-2)28(21-22-14-9-7-10-15-22)25(30)18-13-20-29(34(3,32)33)23-16-11-8-12-17-23/h7-12,14-17,24H,4-6,13,18-21H2,1-3H3,(H,27,31)/t24-/m0/s1. The fourth-order valence-electron chi connectivity index (χ4n) is 3.80. The van der Waals surface area contributed by atoms with Crippen LogP contribution in [0.25, 0.3) is 0 Å². The number of hydrogen-bond donors (Lipinski definition) is 1. The van der Waals surface area contributed by atoms with E-state index in [9.17, 15) is 18.0 Å². The van der Waals surface area contributed by atoms with Crippen molar-refractivity contribution in [2.24, 2.45) is 0 Å². The van der Waals surface area contributed by atoms with Crippen molar-refractivity contribution in [3.8, 4) is 0 Å². The molecule has 0 radical (unpaired) electrons. The van der Waals surface area contributed by atoms with Crippen LogP contribution in [-0.4, -0.2) is 50.5 Å². The Labute approximate surface area is 204 Å². The molecule has 186 valence electrons. The van der Waals surface area contributed by atoms with Gasteiger partial charge in [-0.1, -0.05) is 68.8 Å². The number of nitrogens with one attached hydrogen (secondary N) is 1. The highest BCUT2D eigenvalue weighted by Gasteiger charge is 2.28. The Bertz CT molecular complexity index is 997. The predicted molar refractivity (Wildman–Crippen MR) is 137 cm³/mol. The number of para-hydroxylation sites is 1. The molecule has 2 amide bonds. The zero-order valence-electron chi connectivity index (χ0n) is 20.4. The number of rotatable bonds is 14. The SMILES string of the molecule is CCCCNC(=O)[C@H](CC)N(Cc1ccccc1)C(=O)CCCN(c1ccccc1)S(C)(=O)=O. The van der Waals surface area contributed by atoms with E-state index in [2.05, 4.69) is 12.2 Å². The number of amides is 2. The van der Waals surface area contributed by atoms with Gasteiger partial charge in [-0.05, 0) is 37.0 Å². The summed E-state index contributed by atoms with van der Waals surface area (Å²) in [7, 11) is -3.49. The van der Waals surface area contributed by atoms with Crippen LogP contribution in [-0.2, 0) is 26.2 Å². The molecule has 0 heterocycles. The Hall–Kier alpha value is -2.87. The summed E-state index contributed by atoms with van der Waals surface area (Å²) < 4.78 is 26.0. The lowest BCUT2D eigenvalue weighted by Crippen LogP contribution is -2.49. The lowest BCUT2D eigenvalue weighted by molar-refractivity contribution is -0.141. The molecule has 1 N–H and O–H groups in total. The lowest BCUT2D eigenvalue weighted by Gasteiger charge is -2.31. The molecule has 0 fully saturated rings. The van der Waals surface area contributed by atoms with Gasteiger partial charge >= 0.3 is 0 Å². The molecule has 0 spiro atoms. The molecule has 2 aromatic rings. The predicted octanol–water partition coefficient (Wildman–Crippen LogP) is 3.96. The normalized spacial score (nSPS) is 12.1. The number of carbonyl (C=O) groups is 2. The summed E-state index contributed by atoms with van der Waals surface area (Å²) in [6, 6.07) is 17.9. The van der Waals surface area contributed by atoms with E-state index >= 15 is 0 Å². The smallest absolute Gasteiger partial charge is 0.242 e. The van der Waals surface area contributed by atoms with Crippen molar-refractivity contribution in [2.45, 2.75) is 58.5 Å². The molecule has 2 aromatic carbocycles. The zero-order chi connectivity index (χ0) is 25.0. The van der Waals surface area contributed by atoms with Crippen molar-refractivity contribution in [3.63, 3.8) is 0 Å². The first-order valence-corrected chi connectivity index (χ1v) is 13.8. The number of hydrogen-bond acceptors (Lipinski definition) is 4. The van der Waals surface area contributed by atoms with Crippen molar-refractivity contribution < 1.29 is 18.0 Å². The van der Waals surface area contributed by atoms with E-state index in [1.807, 2.05) is 43.3 Å². The number of sulfonamides is 1. The third-order valence-corrected chi connectivity index (χ3v) is 6.80. The van der Waals surface area contributed by atoms with Gasteiger partial charge in [0.15, 0.2) is 0 Å². The second-order valence-electron chi connectivity index (χ2n) is 8.35. The molecule has 0 bridgehead atoms. The average Bonchev–Trinajstić information content (AvgIpc) is 2.82. The number of unbranched alkanes of at least 4 members (excludes halogenated alkanes) is 1. The minimum absolute atomic E-state index is 0.143. The van der Waals surface area contributed by atoms with Gasteiger partial charge in [-0.25, -0.2) is 8.42 Å². The number of anilines is 1. The van der Waals surface area contributed by atoms with Gasteiger partial charge in [-0.3, -0.25) is 13.9 Å². The van der Waals surface area contributed by atoms with E-state index in [1.165, 1.54) is 4.31 Å². The van der Waals surface area contributed by atoms with Gasteiger partial charge in [0, 0.05) is 26.1 Å². The molecule has 0 aliphatic carbocycles. The molecule has 8 heteroatoms. The van der Waals surface area contributed by atoms with Crippen LogP contribution in [0.2, 0.25) is 0 Å². The minimum Gasteiger partial charge on any atom is -0.354 e.